The Morgan fingerprint density at radius 3 is 2.55 bits per heavy atom. The van der Waals surface area contributed by atoms with Gasteiger partial charge < -0.3 is 10.0 Å². The number of hydrogen-bond donors (Lipinski definition) is 1. The smallest absolute Gasteiger partial charge is 0.327 e. The molecule has 1 N–H and O–H groups in total. The molecule has 0 radical (unpaired) electrons. The van der Waals surface area contributed by atoms with Crippen molar-refractivity contribution in [3.63, 3.8) is 0 Å². The Balaban J connectivity index is 1.80. The van der Waals surface area contributed by atoms with Crippen molar-refractivity contribution >= 4 is 23.8 Å². The van der Waals surface area contributed by atoms with E-state index in [1.165, 1.54) is 6.42 Å². The Hall–Kier alpha value is -0.910. The third-order valence-electron chi connectivity index (χ3n) is 4.77. The van der Waals surface area contributed by atoms with Crippen molar-refractivity contribution in [2.45, 2.75) is 50.6 Å². The molecule has 3 fully saturated rings. The largest absolute Gasteiger partial charge is 0.480 e. The number of piperidine rings is 1. The standard InChI is InChI=1S/C14H22N2O3S/c1-8(2)12-16(11(7-20-12)13(17)18)14(19)15-6-9-3-4-10(15)5-9/h8-12H,3-7H2,1-2H3,(H,17,18). The number of fused-ring (bicyclic) bond motifs is 2. The van der Waals surface area contributed by atoms with Crippen LogP contribution >= 0.6 is 11.8 Å². The second kappa shape index (κ2) is 5.13. The summed E-state index contributed by atoms with van der Waals surface area (Å²) in [6, 6.07) is -0.368. The SMILES string of the molecule is CC(C)C1SCC(C(=O)O)N1C(=O)N1CC2CCC1C2. The maximum absolute atomic E-state index is 12.8. The minimum absolute atomic E-state index is 0.0114. The van der Waals surface area contributed by atoms with Crippen molar-refractivity contribution in [3.8, 4) is 0 Å². The van der Waals surface area contributed by atoms with Gasteiger partial charge in [0.05, 0.1) is 5.37 Å². The molecule has 2 heterocycles. The van der Waals surface area contributed by atoms with Crippen LogP contribution in [0.3, 0.4) is 0 Å². The highest BCUT2D eigenvalue weighted by Gasteiger charge is 2.48. The van der Waals surface area contributed by atoms with E-state index >= 15 is 0 Å². The van der Waals surface area contributed by atoms with Crippen LogP contribution in [-0.4, -0.2) is 56.7 Å². The third-order valence-corrected chi connectivity index (χ3v) is 6.39. The molecule has 3 rings (SSSR count). The number of thioether (sulfide) groups is 1. The topological polar surface area (TPSA) is 60.9 Å². The Morgan fingerprint density at radius 1 is 1.30 bits per heavy atom. The van der Waals surface area contributed by atoms with Gasteiger partial charge in [0.2, 0.25) is 0 Å². The molecule has 2 aliphatic heterocycles. The van der Waals surface area contributed by atoms with E-state index in [-0.39, 0.29) is 17.3 Å². The lowest BCUT2D eigenvalue weighted by Gasteiger charge is -2.36. The summed E-state index contributed by atoms with van der Waals surface area (Å²) >= 11 is 1.60. The molecule has 0 spiro atoms. The molecule has 1 aliphatic carbocycles. The van der Waals surface area contributed by atoms with Crippen LogP contribution < -0.4 is 0 Å². The normalized spacial score (nSPS) is 36.1. The lowest BCUT2D eigenvalue weighted by Crippen LogP contribution is -2.54. The summed E-state index contributed by atoms with van der Waals surface area (Å²) in [4.78, 5) is 27.8. The zero-order chi connectivity index (χ0) is 14.4. The molecule has 6 heteroatoms. The first-order valence-electron chi connectivity index (χ1n) is 7.42. The number of carboxylic acids is 1. The monoisotopic (exact) mass is 298 g/mol. The van der Waals surface area contributed by atoms with Gasteiger partial charge in [-0.25, -0.2) is 9.59 Å². The molecule has 5 nitrogen and oxygen atoms in total. The fourth-order valence-electron chi connectivity index (χ4n) is 3.78. The van der Waals surface area contributed by atoms with Crippen LogP contribution in [0.5, 0.6) is 0 Å². The van der Waals surface area contributed by atoms with Crippen molar-refractivity contribution < 1.29 is 14.7 Å². The van der Waals surface area contributed by atoms with E-state index in [9.17, 15) is 14.7 Å². The van der Waals surface area contributed by atoms with Gasteiger partial charge in [0.15, 0.2) is 0 Å². The number of amides is 2. The number of hydrogen-bond acceptors (Lipinski definition) is 3. The summed E-state index contributed by atoms with van der Waals surface area (Å²) in [5.74, 6) is 0.540. The average Bonchev–Trinajstić information content (AvgIpc) is 3.11. The van der Waals surface area contributed by atoms with Crippen LogP contribution in [0.2, 0.25) is 0 Å². The van der Waals surface area contributed by atoms with Crippen LogP contribution in [0.4, 0.5) is 4.79 Å². The van der Waals surface area contributed by atoms with Crippen molar-refractivity contribution in [1.29, 1.82) is 0 Å². The number of aliphatic carboxylic acids is 1. The summed E-state index contributed by atoms with van der Waals surface area (Å²) in [5, 5.41) is 9.37. The second-order valence-electron chi connectivity index (χ2n) is 6.50. The van der Waals surface area contributed by atoms with E-state index in [4.69, 9.17) is 0 Å². The molecular weight excluding hydrogens is 276 g/mol. The Labute approximate surface area is 123 Å². The van der Waals surface area contributed by atoms with Gasteiger partial charge in [-0.2, -0.15) is 0 Å². The van der Waals surface area contributed by atoms with Gasteiger partial charge in [0.1, 0.15) is 6.04 Å². The highest BCUT2D eigenvalue weighted by molar-refractivity contribution is 8.00. The summed E-state index contributed by atoms with van der Waals surface area (Å²) < 4.78 is 0. The number of likely N-dealkylation sites (tertiary alicyclic amines) is 1. The molecule has 1 saturated carbocycles. The Bertz CT molecular complexity index is 429. The first-order chi connectivity index (χ1) is 9.49. The van der Waals surface area contributed by atoms with E-state index in [0.29, 0.717) is 17.7 Å². The lowest BCUT2D eigenvalue weighted by atomic mass is 10.1. The highest BCUT2D eigenvalue weighted by atomic mass is 32.2. The highest BCUT2D eigenvalue weighted by Crippen LogP contribution is 2.41. The molecule has 4 unspecified atom stereocenters. The quantitative estimate of drug-likeness (QED) is 0.848. The number of rotatable bonds is 2. The molecule has 2 bridgehead atoms. The zero-order valence-corrected chi connectivity index (χ0v) is 12.8. The first kappa shape index (κ1) is 14.0. The van der Waals surface area contributed by atoms with E-state index in [1.54, 1.807) is 16.7 Å². The van der Waals surface area contributed by atoms with Crippen molar-refractivity contribution in [1.82, 2.24) is 9.80 Å². The van der Waals surface area contributed by atoms with Crippen LogP contribution in [-0.2, 0) is 4.79 Å². The Morgan fingerprint density at radius 2 is 2.05 bits per heavy atom. The summed E-state index contributed by atoms with van der Waals surface area (Å²) in [7, 11) is 0. The predicted octanol–water partition coefficient (Wildman–Crippen LogP) is 2.07. The minimum atomic E-state index is -0.877. The third kappa shape index (κ3) is 2.18. The maximum atomic E-state index is 12.8. The van der Waals surface area contributed by atoms with Crippen LogP contribution in [0.25, 0.3) is 0 Å². The Kier molecular flexibility index (Phi) is 3.60. The molecule has 20 heavy (non-hydrogen) atoms. The number of carbonyl (C=O) groups excluding carboxylic acids is 1. The maximum Gasteiger partial charge on any atom is 0.327 e. The molecule has 2 saturated heterocycles. The first-order valence-corrected chi connectivity index (χ1v) is 8.47. The molecule has 0 aromatic heterocycles. The molecule has 3 aliphatic rings. The summed E-state index contributed by atoms with van der Waals surface area (Å²) in [6.07, 6.45) is 3.41. The molecule has 112 valence electrons. The number of carboxylic acid groups (broad SMARTS) is 1. The van der Waals surface area contributed by atoms with Crippen LogP contribution in [0, 0.1) is 11.8 Å². The van der Waals surface area contributed by atoms with Crippen LogP contribution in [0.1, 0.15) is 33.1 Å². The number of carbonyl (C=O) groups is 2. The fourth-order valence-corrected chi connectivity index (χ4v) is 5.25. The van der Waals surface area contributed by atoms with Gasteiger partial charge in [-0.3, -0.25) is 4.90 Å². The van der Waals surface area contributed by atoms with Gasteiger partial charge in [0, 0.05) is 18.3 Å². The van der Waals surface area contributed by atoms with Gasteiger partial charge >= 0.3 is 12.0 Å². The van der Waals surface area contributed by atoms with Gasteiger partial charge in [-0.15, -0.1) is 11.8 Å². The van der Waals surface area contributed by atoms with E-state index in [2.05, 4.69) is 13.8 Å². The van der Waals surface area contributed by atoms with Gasteiger partial charge in [0.25, 0.3) is 0 Å². The number of urea groups is 1. The number of nitrogens with zero attached hydrogens (tertiary/aromatic N) is 2. The summed E-state index contributed by atoms with van der Waals surface area (Å²) in [5.41, 5.74) is 0. The van der Waals surface area contributed by atoms with E-state index in [1.807, 2.05) is 4.90 Å². The minimum Gasteiger partial charge on any atom is -0.480 e. The second-order valence-corrected chi connectivity index (χ2v) is 7.65. The molecule has 0 aromatic carbocycles. The molecular formula is C14H22N2O3S. The molecule has 0 aromatic rings. The van der Waals surface area contributed by atoms with Crippen LogP contribution in [0.15, 0.2) is 0 Å². The van der Waals surface area contributed by atoms with Crippen molar-refractivity contribution in [2.24, 2.45) is 11.8 Å². The zero-order valence-electron chi connectivity index (χ0n) is 12.0. The van der Waals surface area contributed by atoms with E-state index < -0.39 is 12.0 Å². The summed E-state index contributed by atoms with van der Waals surface area (Å²) in [6.45, 7) is 4.93. The van der Waals surface area contributed by atoms with Crippen molar-refractivity contribution in [2.75, 3.05) is 12.3 Å². The van der Waals surface area contributed by atoms with Gasteiger partial charge in [-0.1, -0.05) is 13.8 Å². The lowest BCUT2D eigenvalue weighted by molar-refractivity contribution is -0.141. The van der Waals surface area contributed by atoms with Gasteiger partial charge in [-0.05, 0) is 31.1 Å². The molecule has 4 atom stereocenters. The fraction of sp³-hybridized carbons (Fsp3) is 0.857. The predicted molar refractivity (Wildman–Crippen MR) is 77.6 cm³/mol. The van der Waals surface area contributed by atoms with E-state index in [0.717, 1.165) is 19.4 Å². The average molecular weight is 298 g/mol. The molecule has 2 amide bonds. The van der Waals surface area contributed by atoms with Crippen molar-refractivity contribution in [3.05, 3.63) is 0 Å².